The molecule has 2 rings (SSSR count). The fraction of sp³-hybridized carbons (Fsp3) is 0.556. The molecule has 1 fully saturated rings. The zero-order valence-electron chi connectivity index (χ0n) is 8.12. The fourth-order valence-electron chi connectivity index (χ4n) is 1.33. The van der Waals surface area contributed by atoms with E-state index in [4.69, 9.17) is 11.0 Å². The Balaban J connectivity index is 2.14. The van der Waals surface area contributed by atoms with Crippen LogP contribution in [0.3, 0.4) is 0 Å². The van der Waals surface area contributed by atoms with Gasteiger partial charge >= 0.3 is 0 Å². The number of anilines is 2. The van der Waals surface area contributed by atoms with Gasteiger partial charge in [0.15, 0.2) is 5.82 Å². The first-order valence-electron chi connectivity index (χ1n) is 4.69. The predicted molar refractivity (Wildman–Crippen MR) is 53.5 cm³/mol. The third-order valence-corrected chi connectivity index (χ3v) is 2.46. The molecule has 1 aliphatic rings. The van der Waals surface area contributed by atoms with Crippen LogP contribution in [-0.4, -0.2) is 16.3 Å². The van der Waals surface area contributed by atoms with Crippen LogP contribution in [0.2, 0.25) is 0 Å². The molecule has 3 N–H and O–H groups in total. The molecule has 1 aliphatic carbocycles. The Morgan fingerprint density at radius 3 is 3.00 bits per heavy atom. The van der Waals surface area contributed by atoms with Gasteiger partial charge in [-0.3, -0.25) is 0 Å². The van der Waals surface area contributed by atoms with Crippen molar-refractivity contribution in [2.75, 3.05) is 17.6 Å². The summed E-state index contributed by atoms with van der Waals surface area (Å²) in [5, 5.41) is 16.2. The number of aryl methyl sites for hydroxylation is 1. The molecule has 0 saturated heterocycles. The Morgan fingerprint density at radius 1 is 1.71 bits per heavy atom. The van der Waals surface area contributed by atoms with Crippen molar-refractivity contribution in [1.82, 2.24) is 9.78 Å². The van der Waals surface area contributed by atoms with E-state index in [1.54, 1.807) is 7.05 Å². The SMILES string of the molecule is Cn1nc(NCC2CC2)c(C#N)c1N. The quantitative estimate of drug-likeness (QED) is 0.736. The molecule has 14 heavy (non-hydrogen) atoms. The Kier molecular flexibility index (Phi) is 2.04. The number of nitrogens with zero attached hydrogens (tertiary/aromatic N) is 3. The van der Waals surface area contributed by atoms with Crippen LogP contribution in [0.15, 0.2) is 0 Å². The molecular weight excluding hydrogens is 178 g/mol. The molecule has 5 nitrogen and oxygen atoms in total. The van der Waals surface area contributed by atoms with E-state index in [1.807, 2.05) is 0 Å². The van der Waals surface area contributed by atoms with Gasteiger partial charge in [0.05, 0.1) is 0 Å². The van der Waals surface area contributed by atoms with Gasteiger partial charge in [0, 0.05) is 13.6 Å². The van der Waals surface area contributed by atoms with Crippen LogP contribution in [0.25, 0.3) is 0 Å². The number of aromatic nitrogens is 2. The summed E-state index contributed by atoms with van der Waals surface area (Å²) in [5.74, 6) is 1.79. The van der Waals surface area contributed by atoms with E-state index in [-0.39, 0.29) is 0 Å². The van der Waals surface area contributed by atoms with Crippen molar-refractivity contribution in [1.29, 1.82) is 5.26 Å². The molecule has 0 unspecified atom stereocenters. The summed E-state index contributed by atoms with van der Waals surface area (Å²) >= 11 is 0. The summed E-state index contributed by atoms with van der Waals surface area (Å²) in [6.07, 6.45) is 2.55. The van der Waals surface area contributed by atoms with Crippen LogP contribution in [0, 0.1) is 17.2 Å². The number of nitrogens with one attached hydrogen (secondary N) is 1. The molecule has 0 aromatic carbocycles. The molecule has 0 aliphatic heterocycles. The highest BCUT2D eigenvalue weighted by Gasteiger charge is 2.22. The molecule has 1 heterocycles. The average molecular weight is 191 g/mol. The van der Waals surface area contributed by atoms with E-state index in [0.717, 1.165) is 12.5 Å². The first kappa shape index (κ1) is 8.88. The van der Waals surface area contributed by atoms with Crippen molar-refractivity contribution in [2.45, 2.75) is 12.8 Å². The summed E-state index contributed by atoms with van der Waals surface area (Å²) in [4.78, 5) is 0. The Hall–Kier alpha value is -1.70. The van der Waals surface area contributed by atoms with Gasteiger partial charge < -0.3 is 11.1 Å². The maximum absolute atomic E-state index is 8.87. The molecule has 1 aromatic heterocycles. The second-order valence-electron chi connectivity index (χ2n) is 3.67. The minimum Gasteiger partial charge on any atom is -0.383 e. The summed E-state index contributed by atoms with van der Waals surface area (Å²) in [5.41, 5.74) is 6.13. The van der Waals surface area contributed by atoms with Crippen molar-refractivity contribution < 1.29 is 0 Å². The lowest BCUT2D eigenvalue weighted by molar-refractivity contribution is 0.774. The average Bonchev–Trinajstić information content (AvgIpc) is 2.94. The van der Waals surface area contributed by atoms with Crippen molar-refractivity contribution in [3.05, 3.63) is 5.56 Å². The van der Waals surface area contributed by atoms with Gasteiger partial charge in [-0.05, 0) is 18.8 Å². The van der Waals surface area contributed by atoms with Crippen LogP contribution in [0.5, 0.6) is 0 Å². The van der Waals surface area contributed by atoms with Crippen LogP contribution >= 0.6 is 0 Å². The number of nitriles is 1. The smallest absolute Gasteiger partial charge is 0.168 e. The maximum atomic E-state index is 8.87. The lowest BCUT2D eigenvalue weighted by Gasteiger charge is -1.99. The van der Waals surface area contributed by atoms with E-state index >= 15 is 0 Å². The number of rotatable bonds is 3. The first-order chi connectivity index (χ1) is 6.72. The summed E-state index contributed by atoms with van der Waals surface area (Å²) in [7, 11) is 1.73. The Bertz CT molecular complexity index is 383. The molecule has 0 amide bonds. The molecular formula is C9H13N5. The maximum Gasteiger partial charge on any atom is 0.168 e. The lowest BCUT2D eigenvalue weighted by Crippen LogP contribution is -2.05. The van der Waals surface area contributed by atoms with Crippen molar-refractivity contribution >= 4 is 11.6 Å². The third-order valence-electron chi connectivity index (χ3n) is 2.46. The largest absolute Gasteiger partial charge is 0.383 e. The Labute approximate surface area is 82.5 Å². The third kappa shape index (κ3) is 1.51. The van der Waals surface area contributed by atoms with Crippen LogP contribution in [0.4, 0.5) is 11.6 Å². The van der Waals surface area contributed by atoms with Gasteiger partial charge in [-0.25, -0.2) is 4.68 Å². The Morgan fingerprint density at radius 2 is 2.43 bits per heavy atom. The molecule has 74 valence electrons. The van der Waals surface area contributed by atoms with E-state index in [2.05, 4.69) is 16.5 Å². The van der Waals surface area contributed by atoms with E-state index in [1.165, 1.54) is 17.5 Å². The van der Waals surface area contributed by atoms with Crippen molar-refractivity contribution in [3.63, 3.8) is 0 Å². The molecule has 5 heteroatoms. The monoisotopic (exact) mass is 191 g/mol. The van der Waals surface area contributed by atoms with Crippen LogP contribution in [-0.2, 0) is 7.05 Å². The van der Waals surface area contributed by atoms with Crippen LogP contribution < -0.4 is 11.1 Å². The molecule has 0 atom stereocenters. The molecule has 0 bridgehead atoms. The number of hydrogen-bond donors (Lipinski definition) is 2. The van der Waals surface area contributed by atoms with E-state index in [0.29, 0.717) is 17.2 Å². The van der Waals surface area contributed by atoms with E-state index < -0.39 is 0 Å². The normalized spacial score (nSPS) is 15.1. The van der Waals surface area contributed by atoms with Gasteiger partial charge in [0.25, 0.3) is 0 Å². The zero-order chi connectivity index (χ0) is 10.1. The van der Waals surface area contributed by atoms with Gasteiger partial charge in [0.2, 0.25) is 0 Å². The van der Waals surface area contributed by atoms with E-state index in [9.17, 15) is 0 Å². The minimum absolute atomic E-state index is 0.422. The zero-order valence-corrected chi connectivity index (χ0v) is 8.12. The van der Waals surface area contributed by atoms with Crippen molar-refractivity contribution in [3.8, 4) is 6.07 Å². The fourth-order valence-corrected chi connectivity index (χ4v) is 1.33. The second kappa shape index (κ2) is 3.22. The van der Waals surface area contributed by atoms with Gasteiger partial charge in [0.1, 0.15) is 17.5 Å². The summed E-state index contributed by atoms with van der Waals surface area (Å²) in [6.45, 7) is 0.894. The topological polar surface area (TPSA) is 79.7 Å². The molecule has 0 radical (unpaired) electrons. The highest BCUT2D eigenvalue weighted by molar-refractivity contribution is 5.63. The number of nitrogen functional groups attached to an aromatic ring is 1. The van der Waals surface area contributed by atoms with Crippen molar-refractivity contribution in [2.24, 2.45) is 13.0 Å². The first-order valence-corrected chi connectivity index (χ1v) is 4.69. The van der Waals surface area contributed by atoms with Gasteiger partial charge in [-0.15, -0.1) is 0 Å². The minimum atomic E-state index is 0.422. The van der Waals surface area contributed by atoms with Gasteiger partial charge in [-0.2, -0.15) is 10.4 Å². The number of hydrogen-bond acceptors (Lipinski definition) is 4. The standard InChI is InChI=1S/C9H13N5/c1-14-8(11)7(4-10)9(13-14)12-5-6-2-3-6/h6H,2-3,5,11H2,1H3,(H,12,13). The highest BCUT2D eigenvalue weighted by Crippen LogP contribution is 2.29. The molecule has 1 saturated carbocycles. The molecule has 0 spiro atoms. The molecule has 1 aromatic rings. The predicted octanol–water partition coefficient (Wildman–Crippen LogP) is 0.696. The highest BCUT2D eigenvalue weighted by atomic mass is 15.3. The summed E-state index contributed by atoms with van der Waals surface area (Å²) < 4.78 is 1.52. The number of nitrogens with two attached hydrogens (primary N) is 1. The van der Waals surface area contributed by atoms with Crippen LogP contribution in [0.1, 0.15) is 18.4 Å². The lowest BCUT2D eigenvalue weighted by atomic mass is 10.3. The second-order valence-corrected chi connectivity index (χ2v) is 3.67. The van der Waals surface area contributed by atoms with Gasteiger partial charge in [-0.1, -0.05) is 0 Å². The summed E-state index contributed by atoms with van der Waals surface area (Å²) in [6, 6.07) is 2.06.